The van der Waals surface area contributed by atoms with Crippen molar-refractivity contribution in [3.05, 3.63) is 41.0 Å². The summed E-state index contributed by atoms with van der Waals surface area (Å²) in [5.74, 6) is -1.73. The predicted molar refractivity (Wildman–Crippen MR) is 125 cm³/mol. The van der Waals surface area contributed by atoms with Crippen LogP contribution in [0.25, 0.3) is 0 Å². The van der Waals surface area contributed by atoms with Gasteiger partial charge in [0.05, 0.1) is 25.5 Å². The van der Waals surface area contributed by atoms with Crippen LogP contribution in [0.2, 0.25) is 0 Å². The van der Waals surface area contributed by atoms with E-state index in [9.17, 15) is 19.5 Å². The Balaban J connectivity index is 1.80. The van der Waals surface area contributed by atoms with E-state index in [1.54, 1.807) is 0 Å². The molecule has 0 radical (unpaired) electrons. The molecule has 2 aromatic carbocycles. The van der Waals surface area contributed by atoms with Crippen molar-refractivity contribution < 1.29 is 43.2 Å². The SMILES string of the molecule is C#CCOc1c2c(CNCCc3ccccc3C)c3c(c1OC)OC(=O)C(O)(CC(=O)O2)CC(=O)O3. The summed E-state index contributed by atoms with van der Waals surface area (Å²) in [4.78, 5) is 38.3. The Kier molecular flexibility index (Phi) is 7.15. The molecule has 1 unspecified atom stereocenters. The summed E-state index contributed by atoms with van der Waals surface area (Å²) in [5, 5.41) is 14.0. The van der Waals surface area contributed by atoms with Gasteiger partial charge < -0.3 is 34.1 Å². The summed E-state index contributed by atoms with van der Waals surface area (Å²) in [6, 6.07) is 7.95. The number of rotatable bonds is 8. The van der Waals surface area contributed by atoms with E-state index in [1.165, 1.54) is 7.11 Å². The summed E-state index contributed by atoms with van der Waals surface area (Å²) in [6.07, 6.45) is 4.41. The highest BCUT2D eigenvalue weighted by Crippen LogP contribution is 2.55. The van der Waals surface area contributed by atoms with Gasteiger partial charge in [-0.25, -0.2) is 4.79 Å². The number of esters is 3. The van der Waals surface area contributed by atoms with Crippen molar-refractivity contribution in [2.24, 2.45) is 0 Å². The first-order chi connectivity index (χ1) is 17.3. The molecule has 10 heteroatoms. The molecule has 0 amide bonds. The maximum absolute atomic E-state index is 12.9. The monoisotopic (exact) mass is 495 g/mol. The minimum Gasteiger partial charge on any atom is -0.490 e. The van der Waals surface area contributed by atoms with Crippen LogP contribution < -0.4 is 29.0 Å². The molecule has 2 N–H and O–H groups in total. The van der Waals surface area contributed by atoms with E-state index in [-0.39, 0.29) is 47.5 Å². The van der Waals surface area contributed by atoms with Gasteiger partial charge in [0.15, 0.2) is 17.1 Å². The number of aliphatic hydroxyl groups is 1. The number of aryl methyl sites for hydroxylation is 1. The molecule has 0 aliphatic carbocycles. The van der Waals surface area contributed by atoms with Crippen LogP contribution in [-0.4, -0.2) is 48.9 Å². The lowest BCUT2D eigenvalue weighted by molar-refractivity contribution is -0.169. The largest absolute Gasteiger partial charge is 0.490 e. The molecular weight excluding hydrogens is 470 g/mol. The van der Waals surface area contributed by atoms with Crippen molar-refractivity contribution in [3.8, 4) is 41.1 Å². The van der Waals surface area contributed by atoms with E-state index in [2.05, 4.69) is 11.2 Å². The van der Waals surface area contributed by atoms with Crippen molar-refractivity contribution in [2.45, 2.75) is 38.3 Å². The molecule has 4 aliphatic heterocycles. The van der Waals surface area contributed by atoms with Crippen LogP contribution in [0.5, 0.6) is 28.7 Å². The predicted octanol–water partition coefficient (Wildman–Crippen LogP) is 1.60. The van der Waals surface area contributed by atoms with E-state index in [4.69, 9.17) is 30.1 Å². The highest BCUT2D eigenvalue weighted by Gasteiger charge is 2.49. The lowest BCUT2D eigenvalue weighted by Gasteiger charge is -2.31. The zero-order valence-corrected chi connectivity index (χ0v) is 19.8. The second-order valence-electron chi connectivity index (χ2n) is 8.40. The second-order valence-corrected chi connectivity index (χ2v) is 8.40. The molecule has 4 heterocycles. The van der Waals surface area contributed by atoms with E-state index >= 15 is 0 Å². The van der Waals surface area contributed by atoms with Crippen molar-refractivity contribution >= 4 is 17.9 Å². The van der Waals surface area contributed by atoms with Gasteiger partial charge in [0.2, 0.25) is 17.2 Å². The quantitative estimate of drug-likeness (QED) is 0.241. The fourth-order valence-corrected chi connectivity index (χ4v) is 4.08. The molecular formula is C26H25NO9. The van der Waals surface area contributed by atoms with Gasteiger partial charge in [0.1, 0.15) is 6.61 Å². The third-order valence-electron chi connectivity index (χ3n) is 5.89. The number of methoxy groups -OCH3 is 1. The number of nitrogens with one attached hydrogen (secondary N) is 1. The lowest BCUT2D eigenvalue weighted by atomic mass is 9.94. The van der Waals surface area contributed by atoms with Crippen LogP contribution >= 0.6 is 0 Å². The molecule has 6 rings (SSSR count). The molecule has 10 nitrogen and oxygen atoms in total. The number of fused-ring (bicyclic) bond motifs is 3. The molecule has 0 saturated heterocycles. The zero-order chi connectivity index (χ0) is 25.9. The van der Waals surface area contributed by atoms with Gasteiger partial charge in [-0.15, -0.1) is 6.42 Å². The average molecular weight is 495 g/mol. The third-order valence-corrected chi connectivity index (χ3v) is 5.89. The van der Waals surface area contributed by atoms with Gasteiger partial charge in [-0.05, 0) is 31.0 Å². The number of carbonyl (C=O) groups is 3. The summed E-state index contributed by atoms with van der Waals surface area (Å²) in [7, 11) is 1.26. The zero-order valence-electron chi connectivity index (χ0n) is 19.8. The molecule has 0 aromatic heterocycles. The summed E-state index contributed by atoms with van der Waals surface area (Å²) in [6.45, 7) is 2.36. The standard InChI is InChI=1S/C26H25NO9/c1-4-11-33-23-20-17(14-27-10-9-16-8-6-5-7-15(16)2)21-24(22(23)32-3)36-25(30)26(31,12-18(28)34-20)13-19(29)35-21/h1,5-8,27,31H,9-14H2,2-3H3. The van der Waals surface area contributed by atoms with Gasteiger partial charge in [0.25, 0.3) is 0 Å². The van der Waals surface area contributed by atoms with Gasteiger partial charge in [-0.3, -0.25) is 9.59 Å². The average Bonchev–Trinajstić information content (AvgIpc) is 2.83. The van der Waals surface area contributed by atoms with Gasteiger partial charge >= 0.3 is 17.9 Å². The van der Waals surface area contributed by atoms with Gasteiger partial charge in [-0.2, -0.15) is 0 Å². The normalized spacial score (nSPS) is 18.6. The maximum Gasteiger partial charge on any atom is 0.345 e. The summed E-state index contributed by atoms with van der Waals surface area (Å²) < 4.78 is 27.5. The van der Waals surface area contributed by atoms with Crippen molar-refractivity contribution in [1.82, 2.24) is 5.32 Å². The first-order valence-corrected chi connectivity index (χ1v) is 11.2. The minimum absolute atomic E-state index is 0.0440. The molecule has 4 aliphatic rings. The Labute approximate surface area is 207 Å². The number of hydrogen-bond donors (Lipinski definition) is 2. The van der Waals surface area contributed by atoms with Crippen molar-refractivity contribution in [3.63, 3.8) is 0 Å². The van der Waals surface area contributed by atoms with Gasteiger partial charge in [-0.1, -0.05) is 30.2 Å². The Morgan fingerprint density at radius 3 is 2.42 bits per heavy atom. The van der Waals surface area contributed by atoms with E-state index in [0.717, 1.165) is 11.1 Å². The molecule has 36 heavy (non-hydrogen) atoms. The van der Waals surface area contributed by atoms with E-state index in [0.29, 0.717) is 13.0 Å². The Morgan fingerprint density at radius 1 is 1.06 bits per heavy atom. The van der Waals surface area contributed by atoms with Gasteiger partial charge in [0, 0.05) is 6.54 Å². The third kappa shape index (κ3) is 4.84. The fourth-order valence-electron chi connectivity index (χ4n) is 4.08. The first-order valence-electron chi connectivity index (χ1n) is 11.2. The minimum atomic E-state index is -2.48. The summed E-state index contributed by atoms with van der Waals surface area (Å²) >= 11 is 0. The number of terminal acetylenes is 1. The fraction of sp³-hybridized carbons (Fsp3) is 0.346. The highest BCUT2D eigenvalue weighted by molar-refractivity contribution is 5.96. The van der Waals surface area contributed by atoms with Crippen molar-refractivity contribution in [1.29, 1.82) is 0 Å². The van der Waals surface area contributed by atoms with E-state index < -0.39 is 36.4 Å². The molecule has 2 aromatic rings. The second kappa shape index (κ2) is 10.3. The molecule has 188 valence electrons. The topological polar surface area (TPSA) is 130 Å². The molecule has 0 spiro atoms. The van der Waals surface area contributed by atoms with Crippen LogP contribution in [-0.2, 0) is 27.3 Å². The number of carbonyl (C=O) groups excluding carboxylic acids is 3. The molecule has 4 bridgehead atoms. The summed E-state index contributed by atoms with van der Waals surface area (Å²) in [5.41, 5.74) is -0.00259. The number of benzene rings is 2. The first kappa shape index (κ1) is 25.0. The maximum atomic E-state index is 12.9. The lowest BCUT2D eigenvalue weighted by Crippen LogP contribution is -2.48. The smallest absolute Gasteiger partial charge is 0.345 e. The van der Waals surface area contributed by atoms with E-state index in [1.807, 2.05) is 31.2 Å². The van der Waals surface area contributed by atoms with Crippen LogP contribution in [0.4, 0.5) is 0 Å². The number of hydrogen-bond acceptors (Lipinski definition) is 10. The Bertz CT molecular complexity index is 1260. The molecule has 0 saturated carbocycles. The Hall–Kier alpha value is -4.07. The molecule has 0 fully saturated rings. The van der Waals surface area contributed by atoms with Crippen LogP contribution in [0.15, 0.2) is 24.3 Å². The van der Waals surface area contributed by atoms with Crippen LogP contribution in [0.3, 0.4) is 0 Å². The molecule has 1 atom stereocenters. The van der Waals surface area contributed by atoms with Crippen LogP contribution in [0, 0.1) is 19.3 Å². The Morgan fingerprint density at radius 2 is 1.75 bits per heavy atom. The number of ether oxygens (including phenoxy) is 5. The van der Waals surface area contributed by atoms with Crippen LogP contribution in [0.1, 0.15) is 29.5 Å². The van der Waals surface area contributed by atoms with Crippen molar-refractivity contribution in [2.75, 3.05) is 20.3 Å². The highest BCUT2D eigenvalue weighted by atomic mass is 16.6.